The molecule has 3 rings (SSSR count). The highest BCUT2D eigenvalue weighted by Crippen LogP contribution is 2.42. The fourth-order valence-corrected chi connectivity index (χ4v) is 1.59. The molecular weight excluding hydrogens is 166 g/mol. The normalized spacial score (nSPS) is 25.6. The van der Waals surface area contributed by atoms with Gasteiger partial charge in [0.15, 0.2) is 0 Å². The summed E-state index contributed by atoms with van der Waals surface area (Å²) in [6, 6.07) is 0.441. The third kappa shape index (κ3) is 1.09. The molecule has 2 heterocycles. The Morgan fingerprint density at radius 1 is 1.54 bits per heavy atom. The van der Waals surface area contributed by atoms with Gasteiger partial charge in [-0.25, -0.2) is 0 Å². The first-order chi connectivity index (χ1) is 6.28. The number of aromatic nitrogens is 2. The van der Waals surface area contributed by atoms with Crippen LogP contribution in [0.15, 0.2) is 12.4 Å². The van der Waals surface area contributed by atoms with Crippen LogP contribution in [0.2, 0.25) is 0 Å². The Morgan fingerprint density at radius 3 is 2.85 bits per heavy atom. The number of hydrogen-bond donors (Lipinski definition) is 1. The number of rotatable bonds is 2. The Balaban J connectivity index is 1.85. The van der Waals surface area contributed by atoms with Crippen LogP contribution in [0.5, 0.6) is 0 Å². The molecule has 2 aliphatic rings. The quantitative estimate of drug-likeness (QED) is 0.715. The standard InChI is InChI=1S/C9H13N3O/c10-9(1-2-9)7-3-11-12(4-7)8-5-13-6-8/h3-4,8H,1-2,5-6,10H2. The fraction of sp³-hybridized carbons (Fsp3) is 0.667. The largest absolute Gasteiger partial charge is 0.377 e. The molecular formula is C9H13N3O. The van der Waals surface area contributed by atoms with Crippen molar-refractivity contribution in [1.82, 2.24) is 9.78 Å². The van der Waals surface area contributed by atoms with Crippen molar-refractivity contribution in [3.8, 4) is 0 Å². The van der Waals surface area contributed by atoms with Crippen LogP contribution in [0.1, 0.15) is 24.4 Å². The summed E-state index contributed by atoms with van der Waals surface area (Å²) in [5, 5.41) is 4.30. The molecule has 1 aromatic rings. The molecule has 1 saturated heterocycles. The number of nitrogens with two attached hydrogens (primary N) is 1. The highest BCUT2D eigenvalue weighted by Gasteiger charge is 2.41. The first-order valence-electron chi connectivity index (χ1n) is 4.69. The Hall–Kier alpha value is -0.870. The zero-order valence-electron chi connectivity index (χ0n) is 7.44. The summed E-state index contributed by atoms with van der Waals surface area (Å²) < 4.78 is 7.09. The van der Waals surface area contributed by atoms with Crippen molar-refractivity contribution in [1.29, 1.82) is 0 Å². The maximum Gasteiger partial charge on any atom is 0.0985 e. The Morgan fingerprint density at radius 2 is 2.31 bits per heavy atom. The van der Waals surface area contributed by atoms with E-state index in [2.05, 4.69) is 11.3 Å². The molecule has 0 unspecified atom stereocenters. The summed E-state index contributed by atoms with van der Waals surface area (Å²) in [7, 11) is 0. The van der Waals surface area contributed by atoms with E-state index < -0.39 is 0 Å². The lowest BCUT2D eigenvalue weighted by Crippen LogP contribution is -2.31. The number of hydrogen-bond acceptors (Lipinski definition) is 3. The molecule has 13 heavy (non-hydrogen) atoms. The topological polar surface area (TPSA) is 53.1 Å². The molecule has 1 aliphatic heterocycles. The van der Waals surface area contributed by atoms with E-state index in [0.29, 0.717) is 6.04 Å². The van der Waals surface area contributed by atoms with Gasteiger partial charge in [0.25, 0.3) is 0 Å². The molecule has 1 saturated carbocycles. The van der Waals surface area contributed by atoms with Gasteiger partial charge in [0.2, 0.25) is 0 Å². The van der Waals surface area contributed by atoms with Crippen LogP contribution in [-0.4, -0.2) is 23.0 Å². The Kier molecular flexibility index (Phi) is 1.35. The minimum absolute atomic E-state index is 0.0527. The third-order valence-electron chi connectivity index (χ3n) is 2.96. The molecule has 70 valence electrons. The first-order valence-corrected chi connectivity index (χ1v) is 4.69. The summed E-state index contributed by atoms with van der Waals surface area (Å²) in [6.07, 6.45) is 6.16. The molecule has 4 nitrogen and oxygen atoms in total. The van der Waals surface area contributed by atoms with Crippen molar-refractivity contribution in [2.45, 2.75) is 24.4 Å². The molecule has 0 atom stereocenters. The second-order valence-corrected chi connectivity index (χ2v) is 4.06. The zero-order valence-corrected chi connectivity index (χ0v) is 7.44. The van der Waals surface area contributed by atoms with Crippen molar-refractivity contribution in [2.24, 2.45) is 5.73 Å². The Bertz CT molecular complexity index is 325. The minimum atomic E-state index is -0.0527. The predicted molar refractivity (Wildman–Crippen MR) is 47.2 cm³/mol. The molecule has 1 aromatic heterocycles. The van der Waals surface area contributed by atoms with Gasteiger partial charge < -0.3 is 10.5 Å². The highest BCUT2D eigenvalue weighted by molar-refractivity contribution is 5.24. The lowest BCUT2D eigenvalue weighted by molar-refractivity contribution is -0.0286. The van der Waals surface area contributed by atoms with Crippen molar-refractivity contribution >= 4 is 0 Å². The first kappa shape index (κ1) is 7.53. The van der Waals surface area contributed by atoms with Gasteiger partial charge in [-0.1, -0.05) is 0 Å². The van der Waals surface area contributed by atoms with Crippen LogP contribution in [-0.2, 0) is 10.3 Å². The number of ether oxygens (including phenoxy) is 1. The van der Waals surface area contributed by atoms with Gasteiger partial charge in [-0.2, -0.15) is 5.10 Å². The molecule has 1 aliphatic carbocycles. The highest BCUT2D eigenvalue weighted by atomic mass is 16.5. The van der Waals surface area contributed by atoms with Gasteiger partial charge in [0.05, 0.1) is 25.5 Å². The summed E-state index contributed by atoms with van der Waals surface area (Å²) in [5.41, 5.74) is 7.18. The second kappa shape index (κ2) is 2.33. The molecule has 0 aromatic carbocycles. The van der Waals surface area contributed by atoms with Crippen LogP contribution >= 0.6 is 0 Å². The SMILES string of the molecule is NC1(c2cnn(C3COC3)c2)CC1. The van der Waals surface area contributed by atoms with Crippen molar-refractivity contribution in [3.05, 3.63) is 18.0 Å². The average Bonchev–Trinajstić information content (AvgIpc) is 2.61. The summed E-state index contributed by atoms with van der Waals surface area (Å²) in [6.45, 7) is 1.58. The van der Waals surface area contributed by atoms with Crippen LogP contribution in [0, 0.1) is 0 Å². The van der Waals surface area contributed by atoms with E-state index in [0.717, 1.165) is 26.1 Å². The lowest BCUT2D eigenvalue weighted by Gasteiger charge is -2.26. The van der Waals surface area contributed by atoms with E-state index in [4.69, 9.17) is 10.5 Å². The molecule has 0 bridgehead atoms. The molecule has 0 radical (unpaired) electrons. The van der Waals surface area contributed by atoms with Crippen molar-refractivity contribution < 1.29 is 4.74 Å². The lowest BCUT2D eigenvalue weighted by atomic mass is 10.1. The second-order valence-electron chi connectivity index (χ2n) is 4.06. The minimum Gasteiger partial charge on any atom is -0.377 e. The van der Waals surface area contributed by atoms with Gasteiger partial charge in [-0.05, 0) is 12.8 Å². The van der Waals surface area contributed by atoms with Gasteiger partial charge in [0, 0.05) is 17.3 Å². The van der Waals surface area contributed by atoms with Gasteiger partial charge in [0.1, 0.15) is 0 Å². The summed E-state index contributed by atoms with van der Waals surface area (Å²) in [4.78, 5) is 0. The van der Waals surface area contributed by atoms with Crippen LogP contribution < -0.4 is 5.73 Å². The molecule has 4 heteroatoms. The van der Waals surface area contributed by atoms with E-state index in [1.165, 1.54) is 5.56 Å². The molecule has 0 amide bonds. The molecule has 0 spiro atoms. The zero-order chi connectivity index (χ0) is 8.89. The van der Waals surface area contributed by atoms with Crippen molar-refractivity contribution in [3.63, 3.8) is 0 Å². The van der Waals surface area contributed by atoms with Crippen LogP contribution in [0.3, 0.4) is 0 Å². The molecule has 2 N–H and O–H groups in total. The van der Waals surface area contributed by atoms with E-state index in [1.54, 1.807) is 0 Å². The van der Waals surface area contributed by atoms with E-state index in [-0.39, 0.29) is 5.54 Å². The summed E-state index contributed by atoms with van der Waals surface area (Å²) >= 11 is 0. The van der Waals surface area contributed by atoms with E-state index >= 15 is 0 Å². The van der Waals surface area contributed by atoms with Gasteiger partial charge in [-0.3, -0.25) is 4.68 Å². The Labute approximate surface area is 76.7 Å². The summed E-state index contributed by atoms with van der Waals surface area (Å²) in [5.74, 6) is 0. The van der Waals surface area contributed by atoms with Gasteiger partial charge in [-0.15, -0.1) is 0 Å². The van der Waals surface area contributed by atoms with Gasteiger partial charge >= 0.3 is 0 Å². The average molecular weight is 179 g/mol. The van der Waals surface area contributed by atoms with E-state index in [9.17, 15) is 0 Å². The van der Waals surface area contributed by atoms with Crippen LogP contribution in [0.4, 0.5) is 0 Å². The van der Waals surface area contributed by atoms with Crippen molar-refractivity contribution in [2.75, 3.05) is 13.2 Å². The fourth-order valence-electron chi connectivity index (χ4n) is 1.59. The number of nitrogens with zero attached hydrogens (tertiary/aromatic N) is 2. The maximum absolute atomic E-state index is 6.06. The molecule has 2 fully saturated rings. The van der Waals surface area contributed by atoms with E-state index in [1.807, 2.05) is 10.9 Å². The monoisotopic (exact) mass is 179 g/mol. The predicted octanol–water partition coefficient (Wildman–Crippen LogP) is 0.402. The smallest absolute Gasteiger partial charge is 0.0985 e. The third-order valence-corrected chi connectivity index (χ3v) is 2.96. The van der Waals surface area contributed by atoms with Crippen LogP contribution in [0.25, 0.3) is 0 Å². The maximum atomic E-state index is 6.06.